The number of rotatable bonds is 35. The van der Waals surface area contributed by atoms with Gasteiger partial charge in [-0.05, 0) is 12.8 Å². The minimum Gasteiger partial charge on any atom is -0.393 e. The third-order valence-corrected chi connectivity index (χ3v) is 11.7. The molecule has 1 fully saturated rings. The number of carbonyl (C=O) groups excluding carboxylic acids is 1. The summed E-state index contributed by atoms with van der Waals surface area (Å²) in [5.41, 5.74) is 0. The molecule has 8 atom stereocenters. The Balaban J connectivity index is 2.48. The summed E-state index contributed by atoms with van der Waals surface area (Å²) in [5, 5.41) is 74.2. The second-order valence-corrected chi connectivity index (χ2v) is 17.1. The smallest absolute Gasteiger partial charge is 0.393 e. The minimum absolute atomic E-state index is 0.217. The highest BCUT2D eigenvalue weighted by molar-refractivity contribution is 7.47. The number of aliphatic hydroxyl groups excluding tert-OH is 7. The molecule has 1 rings (SSSR count). The maximum absolute atomic E-state index is 12.9. The van der Waals surface area contributed by atoms with E-state index in [9.17, 15) is 50.0 Å². The monoisotopic (exact) mass is 798 g/mol. The van der Waals surface area contributed by atoms with E-state index in [1.165, 1.54) is 96.3 Å². The molecule has 1 aliphatic rings. The van der Waals surface area contributed by atoms with Gasteiger partial charge in [0.1, 0.15) is 36.6 Å². The van der Waals surface area contributed by atoms with Crippen molar-refractivity contribution in [3.63, 3.8) is 0 Å². The zero-order chi connectivity index (χ0) is 40.2. The first-order valence-corrected chi connectivity index (χ1v) is 23.1. The van der Waals surface area contributed by atoms with E-state index in [4.69, 9.17) is 9.05 Å². The highest BCUT2D eigenvalue weighted by Crippen LogP contribution is 2.47. The fourth-order valence-electron chi connectivity index (χ4n) is 7.13. The van der Waals surface area contributed by atoms with Crippen molar-refractivity contribution in [2.45, 2.75) is 242 Å². The quantitative estimate of drug-likeness (QED) is 0.0263. The molecule has 0 bridgehead atoms. The van der Waals surface area contributed by atoms with Crippen molar-refractivity contribution >= 4 is 13.7 Å². The van der Waals surface area contributed by atoms with Gasteiger partial charge in [0.05, 0.1) is 31.3 Å². The largest absolute Gasteiger partial charge is 0.472 e. The molecule has 322 valence electrons. The molecule has 13 nitrogen and oxygen atoms in total. The summed E-state index contributed by atoms with van der Waals surface area (Å²) in [6.07, 6.45) is 14.7. The van der Waals surface area contributed by atoms with Gasteiger partial charge in [0.15, 0.2) is 0 Å². The lowest BCUT2D eigenvalue weighted by atomic mass is 9.85. The third kappa shape index (κ3) is 23.5. The lowest BCUT2D eigenvalue weighted by Crippen LogP contribution is -2.64. The topological polar surface area (TPSA) is 226 Å². The fourth-order valence-corrected chi connectivity index (χ4v) is 8.09. The number of carbonyl (C=O) groups is 1. The Labute approximate surface area is 326 Å². The SMILES string of the molecule is CCCCCCCCCCCCCCCCCCC(O)CC(=O)NC(COP(=O)(O)OC1C(O)C(O)C(O)C(O)C1O)C(O)CCCCCCCCCC. The van der Waals surface area contributed by atoms with Gasteiger partial charge in [0.2, 0.25) is 5.91 Å². The van der Waals surface area contributed by atoms with Crippen LogP contribution >= 0.6 is 7.82 Å². The van der Waals surface area contributed by atoms with E-state index in [-0.39, 0.29) is 12.8 Å². The van der Waals surface area contributed by atoms with E-state index in [1.54, 1.807) is 0 Å². The summed E-state index contributed by atoms with van der Waals surface area (Å²) in [5.74, 6) is -0.561. The summed E-state index contributed by atoms with van der Waals surface area (Å²) >= 11 is 0. The summed E-state index contributed by atoms with van der Waals surface area (Å²) in [7, 11) is -5.10. The van der Waals surface area contributed by atoms with E-state index in [2.05, 4.69) is 19.2 Å². The first-order chi connectivity index (χ1) is 25.8. The Morgan fingerprint density at radius 2 is 0.926 bits per heavy atom. The molecule has 0 aromatic rings. The van der Waals surface area contributed by atoms with Crippen LogP contribution in [0.3, 0.4) is 0 Å². The predicted molar refractivity (Wildman–Crippen MR) is 211 cm³/mol. The normalized spacial score (nSPS) is 24.6. The van der Waals surface area contributed by atoms with Gasteiger partial charge in [-0.3, -0.25) is 13.8 Å². The Bertz CT molecular complexity index is 948. The molecule has 0 aliphatic heterocycles. The van der Waals surface area contributed by atoms with Crippen molar-refractivity contribution in [1.29, 1.82) is 0 Å². The molecule has 1 aliphatic carbocycles. The van der Waals surface area contributed by atoms with Gasteiger partial charge in [-0.25, -0.2) is 4.57 Å². The average Bonchev–Trinajstić information content (AvgIpc) is 3.14. The first-order valence-electron chi connectivity index (χ1n) is 21.6. The van der Waals surface area contributed by atoms with Gasteiger partial charge < -0.3 is 46.0 Å². The molecule has 9 N–H and O–H groups in total. The number of amides is 1. The highest BCUT2D eigenvalue weighted by atomic mass is 31.2. The number of unbranched alkanes of at least 4 members (excludes halogenated alkanes) is 22. The van der Waals surface area contributed by atoms with Crippen LogP contribution < -0.4 is 5.32 Å². The number of phosphoric ester groups is 1. The van der Waals surface area contributed by atoms with Gasteiger partial charge >= 0.3 is 7.82 Å². The molecule has 54 heavy (non-hydrogen) atoms. The molecule has 8 unspecified atom stereocenters. The summed E-state index contributed by atoms with van der Waals surface area (Å²) in [6, 6.07) is -1.15. The van der Waals surface area contributed by atoms with Crippen LogP contribution in [0.15, 0.2) is 0 Å². The number of aliphatic hydroxyl groups is 7. The number of hydrogen-bond acceptors (Lipinski definition) is 11. The van der Waals surface area contributed by atoms with Crippen LogP contribution in [0.25, 0.3) is 0 Å². The summed E-state index contributed by atoms with van der Waals surface area (Å²) in [4.78, 5) is 23.3. The Hall–Kier alpha value is -0.700. The van der Waals surface area contributed by atoms with Gasteiger partial charge in [-0.15, -0.1) is 0 Å². The second kappa shape index (κ2) is 31.3. The lowest BCUT2D eigenvalue weighted by molar-refractivity contribution is -0.220. The van der Waals surface area contributed by atoms with Gasteiger partial charge in [0, 0.05) is 0 Å². The zero-order valence-corrected chi connectivity index (χ0v) is 34.5. The van der Waals surface area contributed by atoms with E-state index in [1.807, 2.05) is 0 Å². The van der Waals surface area contributed by atoms with E-state index in [0.717, 1.165) is 51.4 Å². The third-order valence-electron chi connectivity index (χ3n) is 10.7. The molecule has 0 heterocycles. The Kier molecular flexibility index (Phi) is 29.8. The summed E-state index contributed by atoms with van der Waals surface area (Å²) < 4.78 is 22.8. The lowest BCUT2D eigenvalue weighted by Gasteiger charge is -2.41. The van der Waals surface area contributed by atoms with Crippen molar-refractivity contribution in [2.75, 3.05) is 6.61 Å². The zero-order valence-electron chi connectivity index (χ0n) is 33.7. The van der Waals surface area contributed by atoms with Crippen molar-refractivity contribution < 1.29 is 59.0 Å². The molecule has 0 aromatic carbocycles. The second-order valence-electron chi connectivity index (χ2n) is 15.7. The van der Waals surface area contributed by atoms with Crippen LogP contribution in [0.1, 0.15) is 187 Å². The van der Waals surface area contributed by atoms with E-state index in [0.29, 0.717) is 12.8 Å². The Morgan fingerprint density at radius 1 is 0.574 bits per heavy atom. The molecule has 0 spiro atoms. The van der Waals surface area contributed by atoms with E-state index < -0.39 is 75.2 Å². The van der Waals surface area contributed by atoms with Gasteiger partial charge in [-0.1, -0.05) is 168 Å². The maximum Gasteiger partial charge on any atom is 0.472 e. The Morgan fingerprint density at radius 3 is 1.33 bits per heavy atom. The van der Waals surface area contributed by atoms with Crippen LogP contribution in [-0.4, -0.2) is 108 Å². The standard InChI is InChI=1S/C40H80NO12P/c1-3-5-7-9-11-13-14-15-16-17-18-19-20-21-23-25-27-31(42)29-34(44)41-32(33(43)28-26-24-22-12-10-8-6-4-2)30-52-54(50,51)53-40-38(48)36(46)35(45)37(47)39(40)49/h31-33,35-40,42-43,45-49H,3-30H2,1-2H3,(H,41,44)(H,50,51). The minimum atomic E-state index is -5.10. The molecule has 0 aromatic heterocycles. The maximum atomic E-state index is 12.9. The molecular formula is C40H80NO12P. The number of phosphoric acid groups is 1. The summed E-state index contributed by atoms with van der Waals surface area (Å²) in [6.45, 7) is 3.73. The van der Waals surface area contributed by atoms with Crippen LogP contribution in [-0.2, 0) is 18.4 Å². The highest BCUT2D eigenvalue weighted by Gasteiger charge is 2.51. The number of nitrogens with one attached hydrogen (secondary N) is 1. The molecular weight excluding hydrogens is 717 g/mol. The van der Waals surface area contributed by atoms with Crippen molar-refractivity contribution in [3.05, 3.63) is 0 Å². The van der Waals surface area contributed by atoms with Crippen LogP contribution in [0.5, 0.6) is 0 Å². The first kappa shape index (κ1) is 51.3. The van der Waals surface area contributed by atoms with Gasteiger partial charge in [-0.2, -0.15) is 0 Å². The fraction of sp³-hybridized carbons (Fsp3) is 0.975. The van der Waals surface area contributed by atoms with Crippen molar-refractivity contribution in [1.82, 2.24) is 5.32 Å². The van der Waals surface area contributed by atoms with Crippen molar-refractivity contribution in [2.24, 2.45) is 0 Å². The number of hydrogen-bond donors (Lipinski definition) is 9. The molecule has 14 heteroatoms. The average molecular weight is 798 g/mol. The molecule has 1 saturated carbocycles. The van der Waals surface area contributed by atoms with Crippen LogP contribution in [0, 0.1) is 0 Å². The molecule has 0 radical (unpaired) electrons. The van der Waals surface area contributed by atoms with Crippen molar-refractivity contribution in [3.8, 4) is 0 Å². The predicted octanol–water partition coefficient (Wildman–Crippen LogP) is 6.09. The van der Waals surface area contributed by atoms with Gasteiger partial charge in [0.25, 0.3) is 0 Å². The van der Waals surface area contributed by atoms with Crippen LogP contribution in [0.2, 0.25) is 0 Å². The molecule has 0 saturated heterocycles. The molecule has 1 amide bonds. The van der Waals surface area contributed by atoms with E-state index >= 15 is 0 Å². The van der Waals surface area contributed by atoms with Crippen LogP contribution in [0.4, 0.5) is 0 Å².